The molecule has 17 heavy (non-hydrogen) atoms. The summed E-state index contributed by atoms with van der Waals surface area (Å²) in [4.78, 5) is 13.7. The lowest BCUT2D eigenvalue weighted by Crippen LogP contribution is -2.00. The molecule has 0 aliphatic rings. The summed E-state index contributed by atoms with van der Waals surface area (Å²) in [5, 5.41) is 0. The zero-order valence-electron chi connectivity index (χ0n) is 8.96. The van der Waals surface area contributed by atoms with Crippen LogP contribution in [0.25, 0.3) is 0 Å². The first-order valence-electron chi connectivity index (χ1n) is 4.84. The van der Waals surface area contributed by atoms with Crippen molar-refractivity contribution >= 4 is 38.7 Å². The van der Waals surface area contributed by atoms with Gasteiger partial charge in [-0.15, -0.1) is 11.3 Å². The van der Waals surface area contributed by atoms with Gasteiger partial charge in [-0.2, -0.15) is 0 Å². The van der Waals surface area contributed by atoms with Gasteiger partial charge in [0, 0.05) is 14.9 Å². The highest BCUT2D eigenvalue weighted by atomic mass is 79.9. The number of rotatable bonds is 2. The second-order valence-corrected chi connectivity index (χ2v) is 5.69. The van der Waals surface area contributed by atoms with Gasteiger partial charge in [-0.3, -0.25) is 4.79 Å². The highest BCUT2D eigenvalue weighted by molar-refractivity contribution is 9.10. The second kappa shape index (κ2) is 4.58. The van der Waals surface area contributed by atoms with E-state index in [4.69, 9.17) is 5.73 Å². The number of thiophene rings is 1. The van der Waals surface area contributed by atoms with E-state index in [0.717, 1.165) is 9.35 Å². The lowest BCUT2D eigenvalue weighted by atomic mass is 10.1. The lowest BCUT2D eigenvalue weighted by molar-refractivity contribution is 0.104. The molecule has 0 atom stereocenters. The van der Waals surface area contributed by atoms with Gasteiger partial charge in [0.25, 0.3) is 0 Å². The standard InChI is InChI=1S/C12H9BrFNOS/c1-6-8(13)5-11(17-6)12(16)7-2-3-10(15)9(14)4-7/h2-5H,15H2,1H3. The van der Waals surface area contributed by atoms with Gasteiger partial charge >= 0.3 is 0 Å². The van der Waals surface area contributed by atoms with Crippen molar-refractivity contribution in [3.8, 4) is 0 Å². The van der Waals surface area contributed by atoms with E-state index >= 15 is 0 Å². The molecule has 1 aromatic carbocycles. The number of carbonyl (C=O) groups is 1. The number of hydrogen-bond acceptors (Lipinski definition) is 3. The topological polar surface area (TPSA) is 43.1 Å². The van der Waals surface area contributed by atoms with Crippen molar-refractivity contribution < 1.29 is 9.18 Å². The molecule has 0 saturated heterocycles. The SMILES string of the molecule is Cc1sc(C(=O)c2ccc(N)c(F)c2)cc1Br. The van der Waals surface area contributed by atoms with Crippen LogP contribution < -0.4 is 5.73 Å². The first-order chi connectivity index (χ1) is 7.99. The summed E-state index contributed by atoms with van der Waals surface area (Å²) >= 11 is 4.72. The Balaban J connectivity index is 2.40. The molecule has 0 radical (unpaired) electrons. The Morgan fingerprint density at radius 2 is 2.12 bits per heavy atom. The van der Waals surface area contributed by atoms with E-state index in [1.165, 1.54) is 29.5 Å². The number of ketones is 1. The van der Waals surface area contributed by atoms with Gasteiger partial charge in [-0.25, -0.2) is 4.39 Å². The minimum Gasteiger partial charge on any atom is -0.396 e. The Bertz CT molecular complexity index is 575. The van der Waals surface area contributed by atoms with Gasteiger partial charge in [0.1, 0.15) is 5.82 Å². The lowest BCUT2D eigenvalue weighted by Gasteiger charge is -2.00. The van der Waals surface area contributed by atoms with Crippen LogP contribution >= 0.6 is 27.3 Å². The molecular formula is C12H9BrFNOS. The summed E-state index contributed by atoms with van der Waals surface area (Å²) < 4.78 is 14.1. The summed E-state index contributed by atoms with van der Waals surface area (Å²) in [6, 6.07) is 5.85. The minimum atomic E-state index is -0.566. The summed E-state index contributed by atoms with van der Waals surface area (Å²) in [6.07, 6.45) is 0. The van der Waals surface area contributed by atoms with E-state index in [0.29, 0.717) is 10.4 Å². The average Bonchev–Trinajstić information content (AvgIpc) is 2.62. The number of anilines is 1. The van der Waals surface area contributed by atoms with Crippen LogP contribution in [-0.4, -0.2) is 5.78 Å². The maximum absolute atomic E-state index is 13.3. The van der Waals surface area contributed by atoms with Gasteiger partial charge in [-0.05, 0) is 47.1 Å². The number of nitrogen functional groups attached to an aromatic ring is 1. The van der Waals surface area contributed by atoms with Crippen molar-refractivity contribution in [2.24, 2.45) is 0 Å². The van der Waals surface area contributed by atoms with Gasteiger partial charge in [-0.1, -0.05) is 0 Å². The van der Waals surface area contributed by atoms with Crippen molar-refractivity contribution in [1.82, 2.24) is 0 Å². The van der Waals surface area contributed by atoms with Gasteiger partial charge in [0.05, 0.1) is 10.6 Å². The van der Waals surface area contributed by atoms with E-state index < -0.39 is 5.82 Å². The summed E-state index contributed by atoms with van der Waals surface area (Å²) in [5.74, 6) is -0.758. The summed E-state index contributed by atoms with van der Waals surface area (Å²) in [5.41, 5.74) is 5.72. The third-order valence-corrected chi connectivity index (χ3v) is 4.48. The number of halogens is 2. The van der Waals surface area contributed by atoms with Gasteiger partial charge < -0.3 is 5.73 Å². The van der Waals surface area contributed by atoms with Crippen LogP contribution in [-0.2, 0) is 0 Å². The van der Waals surface area contributed by atoms with Crippen LogP contribution in [0, 0.1) is 12.7 Å². The molecule has 0 aliphatic heterocycles. The van der Waals surface area contributed by atoms with Crippen LogP contribution in [0.5, 0.6) is 0 Å². The van der Waals surface area contributed by atoms with Crippen molar-refractivity contribution in [2.75, 3.05) is 5.73 Å². The molecule has 2 N–H and O–H groups in total. The van der Waals surface area contributed by atoms with Crippen molar-refractivity contribution in [3.63, 3.8) is 0 Å². The van der Waals surface area contributed by atoms with E-state index in [9.17, 15) is 9.18 Å². The number of nitrogens with two attached hydrogens (primary N) is 1. The van der Waals surface area contributed by atoms with Crippen molar-refractivity contribution in [1.29, 1.82) is 0 Å². The van der Waals surface area contributed by atoms with Gasteiger partial charge in [0.2, 0.25) is 5.78 Å². The highest BCUT2D eigenvalue weighted by Gasteiger charge is 2.14. The van der Waals surface area contributed by atoms with E-state index in [1.807, 2.05) is 6.92 Å². The fourth-order valence-corrected chi connectivity index (χ4v) is 2.88. The minimum absolute atomic E-state index is 0.0464. The Hall–Kier alpha value is -1.20. The van der Waals surface area contributed by atoms with Crippen molar-refractivity contribution in [3.05, 3.63) is 49.9 Å². The molecule has 0 aliphatic carbocycles. The fourth-order valence-electron chi connectivity index (χ4n) is 1.38. The third kappa shape index (κ3) is 2.40. The predicted molar refractivity (Wildman–Crippen MR) is 71.0 cm³/mol. The Morgan fingerprint density at radius 3 is 2.65 bits per heavy atom. The molecular weight excluding hydrogens is 305 g/mol. The zero-order valence-corrected chi connectivity index (χ0v) is 11.4. The highest BCUT2D eigenvalue weighted by Crippen LogP contribution is 2.28. The van der Waals surface area contributed by atoms with E-state index in [-0.39, 0.29) is 11.5 Å². The van der Waals surface area contributed by atoms with Gasteiger partial charge in [0.15, 0.2) is 0 Å². The molecule has 1 aromatic heterocycles. The van der Waals surface area contributed by atoms with Crippen LogP contribution in [0.2, 0.25) is 0 Å². The van der Waals surface area contributed by atoms with E-state index in [1.54, 1.807) is 6.07 Å². The molecule has 0 bridgehead atoms. The largest absolute Gasteiger partial charge is 0.396 e. The number of hydrogen-bond donors (Lipinski definition) is 1. The Labute approximate surface area is 110 Å². The predicted octanol–water partition coefficient (Wildman–Crippen LogP) is 3.77. The molecule has 88 valence electrons. The van der Waals surface area contributed by atoms with Crippen molar-refractivity contribution in [2.45, 2.75) is 6.92 Å². The molecule has 1 heterocycles. The van der Waals surface area contributed by atoms with Crippen LogP contribution in [0.15, 0.2) is 28.7 Å². The monoisotopic (exact) mass is 313 g/mol. The molecule has 0 saturated carbocycles. The molecule has 2 nitrogen and oxygen atoms in total. The summed E-state index contributed by atoms with van der Waals surface area (Å²) in [7, 11) is 0. The average molecular weight is 314 g/mol. The molecule has 0 unspecified atom stereocenters. The maximum atomic E-state index is 13.3. The maximum Gasteiger partial charge on any atom is 0.203 e. The van der Waals surface area contributed by atoms with Crippen LogP contribution in [0.3, 0.4) is 0 Å². The molecule has 0 fully saturated rings. The quantitative estimate of drug-likeness (QED) is 0.677. The first kappa shape index (κ1) is 12.3. The second-order valence-electron chi connectivity index (χ2n) is 3.58. The number of carbonyl (C=O) groups excluding carboxylic acids is 1. The number of aryl methyl sites for hydroxylation is 1. The first-order valence-corrected chi connectivity index (χ1v) is 6.45. The summed E-state index contributed by atoms with van der Waals surface area (Å²) in [6.45, 7) is 1.91. The molecule has 2 aromatic rings. The normalized spacial score (nSPS) is 10.5. The molecule has 0 spiro atoms. The van der Waals surface area contributed by atoms with Crippen LogP contribution in [0.1, 0.15) is 20.1 Å². The third-order valence-electron chi connectivity index (χ3n) is 2.34. The fraction of sp³-hybridized carbons (Fsp3) is 0.0833. The molecule has 2 rings (SSSR count). The number of benzene rings is 1. The van der Waals surface area contributed by atoms with E-state index in [2.05, 4.69) is 15.9 Å². The molecule has 5 heteroatoms. The Morgan fingerprint density at radius 1 is 1.41 bits per heavy atom. The van der Waals surface area contributed by atoms with Crippen LogP contribution in [0.4, 0.5) is 10.1 Å². The smallest absolute Gasteiger partial charge is 0.203 e. The Kier molecular flexibility index (Phi) is 3.31. The zero-order chi connectivity index (χ0) is 12.6. The molecule has 0 amide bonds.